The highest BCUT2D eigenvalue weighted by Gasteiger charge is 2.25. The molecule has 0 bridgehead atoms. The Morgan fingerprint density at radius 2 is 2.07 bits per heavy atom. The van der Waals surface area contributed by atoms with Crippen LogP contribution in [0.25, 0.3) is 10.9 Å². The molecule has 3 aromatic rings. The number of aromatic nitrogens is 2. The SMILES string of the molecule is O=C(Cn1cnc2cc(Cl)ccc2c1=O)N1CCCc2cc([N+](=O)[O-])ccc21. The van der Waals surface area contributed by atoms with Crippen molar-refractivity contribution in [3.63, 3.8) is 0 Å². The number of nitrogens with zero attached hydrogens (tertiary/aromatic N) is 4. The summed E-state index contributed by atoms with van der Waals surface area (Å²) in [4.78, 5) is 41.8. The number of hydrogen-bond donors (Lipinski definition) is 0. The predicted octanol–water partition coefficient (Wildman–Crippen LogP) is 2.94. The highest BCUT2D eigenvalue weighted by Crippen LogP contribution is 2.30. The van der Waals surface area contributed by atoms with Crippen molar-refractivity contribution in [3.05, 3.63) is 73.8 Å². The van der Waals surface area contributed by atoms with Crippen molar-refractivity contribution in [2.24, 2.45) is 0 Å². The van der Waals surface area contributed by atoms with E-state index in [1.54, 1.807) is 29.2 Å². The fourth-order valence-electron chi connectivity index (χ4n) is 3.43. The van der Waals surface area contributed by atoms with Crippen molar-refractivity contribution in [2.45, 2.75) is 19.4 Å². The third-order valence-electron chi connectivity index (χ3n) is 4.79. The van der Waals surface area contributed by atoms with Crippen molar-refractivity contribution in [1.82, 2.24) is 9.55 Å². The number of carbonyl (C=O) groups is 1. The van der Waals surface area contributed by atoms with Gasteiger partial charge in [0.1, 0.15) is 6.54 Å². The number of amides is 1. The van der Waals surface area contributed by atoms with Gasteiger partial charge in [0, 0.05) is 29.4 Å². The van der Waals surface area contributed by atoms with Crippen molar-refractivity contribution >= 4 is 39.8 Å². The second-order valence-corrected chi connectivity index (χ2v) is 6.99. The standard InChI is InChI=1S/C19H15ClN4O4/c20-13-3-5-15-16(9-13)21-11-22(19(15)26)10-18(25)23-7-1-2-12-8-14(24(27)28)4-6-17(12)23/h3-6,8-9,11H,1-2,7,10H2. The molecule has 0 aliphatic carbocycles. The van der Waals surface area contributed by atoms with Crippen LogP contribution in [0, 0.1) is 10.1 Å². The van der Waals surface area contributed by atoms with Gasteiger partial charge in [0.2, 0.25) is 5.91 Å². The van der Waals surface area contributed by atoms with Crippen molar-refractivity contribution in [2.75, 3.05) is 11.4 Å². The third kappa shape index (κ3) is 3.22. The lowest BCUT2D eigenvalue weighted by Crippen LogP contribution is -2.39. The molecule has 0 fully saturated rings. The summed E-state index contributed by atoms with van der Waals surface area (Å²) in [6.45, 7) is 0.329. The van der Waals surface area contributed by atoms with Gasteiger partial charge < -0.3 is 4.90 Å². The van der Waals surface area contributed by atoms with E-state index in [1.807, 2.05) is 0 Å². The Kier molecular flexibility index (Phi) is 4.56. The van der Waals surface area contributed by atoms with Crippen LogP contribution >= 0.6 is 11.6 Å². The lowest BCUT2D eigenvalue weighted by Gasteiger charge is -2.29. The summed E-state index contributed by atoms with van der Waals surface area (Å²) in [5.74, 6) is -0.271. The van der Waals surface area contributed by atoms with Gasteiger partial charge in [-0.25, -0.2) is 4.98 Å². The zero-order valence-corrected chi connectivity index (χ0v) is 15.4. The molecule has 0 N–H and O–H groups in total. The van der Waals surface area contributed by atoms with E-state index in [0.717, 1.165) is 5.56 Å². The number of non-ortho nitro benzene ring substituents is 1. The zero-order valence-electron chi connectivity index (χ0n) is 14.7. The van der Waals surface area contributed by atoms with Crippen molar-refractivity contribution in [3.8, 4) is 0 Å². The molecule has 0 spiro atoms. The summed E-state index contributed by atoms with van der Waals surface area (Å²) in [5.41, 5.74) is 1.55. The van der Waals surface area contributed by atoms with Crippen LogP contribution < -0.4 is 10.5 Å². The predicted molar refractivity (Wildman–Crippen MR) is 105 cm³/mol. The molecule has 2 heterocycles. The van der Waals surface area contributed by atoms with Gasteiger partial charge in [0.25, 0.3) is 11.2 Å². The largest absolute Gasteiger partial charge is 0.311 e. The summed E-state index contributed by atoms with van der Waals surface area (Å²) < 4.78 is 1.26. The Labute approximate surface area is 164 Å². The smallest absolute Gasteiger partial charge is 0.269 e. The van der Waals surface area contributed by atoms with Crippen LogP contribution in [0.2, 0.25) is 5.02 Å². The first kappa shape index (κ1) is 18.1. The topological polar surface area (TPSA) is 98.3 Å². The molecule has 1 aliphatic rings. The maximum Gasteiger partial charge on any atom is 0.269 e. The maximum atomic E-state index is 12.9. The molecule has 4 rings (SSSR count). The van der Waals surface area contributed by atoms with Gasteiger partial charge in [-0.05, 0) is 42.7 Å². The van der Waals surface area contributed by atoms with Gasteiger partial charge in [-0.1, -0.05) is 11.6 Å². The molecular formula is C19H15ClN4O4. The molecule has 2 aromatic carbocycles. The molecular weight excluding hydrogens is 384 g/mol. The second-order valence-electron chi connectivity index (χ2n) is 6.56. The quantitative estimate of drug-likeness (QED) is 0.499. The van der Waals surface area contributed by atoms with Gasteiger partial charge in [0.05, 0.1) is 22.2 Å². The Balaban J connectivity index is 1.64. The number of rotatable bonds is 3. The molecule has 0 unspecified atom stereocenters. The normalized spacial score (nSPS) is 13.4. The first-order chi connectivity index (χ1) is 13.4. The van der Waals surface area contributed by atoms with E-state index in [1.165, 1.54) is 23.0 Å². The van der Waals surface area contributed by atoms with E-state index in [4.69, 9.17) is 11.6 Å². The summed E-state index contributed by atoms with van der Waals surface area (Å²) in [6, 6.07) is 9.27. The van der Waals surface area contributed by atoms with Crippen LogP contribution in [0.4, 0.5) is 11.4 Å². The minimum atomic E-state index is -0.451. The van der Waals surface area contributed by atoms with Gasteiger partial charge in [-0.15, -0.1) is 0 Å². The molecule has 8 nitrogen and oxygen atoms in total. The van der Waals surface area contributed by atoms with Gasteiger partial charge in [-0.3, -0.25) is 24.3 Å². The number of nitro benzene ring substituents is 1. The first-order valence-corrected chi connectivity index (χ1v) is 9.04. The molecule has 9 heteroatoms. The van der Waals surface area contributed by atoms with Crippen LogP contribution in [-0.2, 0) is 17.8 Å². The number of nitro groups is 1. The van der Waals surface area contributed by atoms with E-state index in [0.29, 0.717) is 41.0 Å². The number of halogens is 1. The number of benzene rings is 2. The first-order valence-electron chi connectivity index (χ1n) is 8.66. The Bertz CT molecular complexity index is 1170. The van der Waals surface area contributed by atoms with Crippen LogP contribution in [0.5, 0.6) is 0 Å². The van der Waals surface area contributed by atoms with Gasteiger partial charge in [0.15, 0.2) is 0 Å². The second kappa shape index (κ2) is 7.05. The highest BCUT2D eigenvalue weighted by atomic mass is 35.5. The van der Waals surface area contributed by atoms with E-state index < -0.39 is 4.92 Å². The minimum absolute atomic E-state index is 0.00154. The number of aryl methyl sites for hydroxylation is 1. The molecule has 1 aliphatic heterocycles. The van der Waals surface area contributed by atoms with Crippen LogP contribution in [0.3, 0.4) is 0 Å². The summed E-state index contributed by atoms with van der Waals surface area (Å²) in [7, 11) is 0. The van der Waals surface area contributed by atoms with Crippen molar-refractivity contribution in [1.29, 1.82) is 0 Å². The number of fused-ring (bicyclic) bond motifs is 2. The van der Waals surface area contributed by atoms with E-state index in [2.05, 4.69) is 4.98 Å². The maximum absolute atomic E-state index is 12.9. The number of carbonyl (C=O) groups excluding carboxylic acids is 1. The number of anilines is 1. The molecule has 0 radical (unpaired) electrons. The molecule has 0 saturated carbocycles. The molecule has 142 valence electrons. The Morgan fingerprint density at radius 1 is 1.25 bits per heavy atom. The van der Waals surface area contributed by atoms with E-state index in [-0.39, 0.29) is 23.7 Å². The zero-order chi connectivity index (χ0) is 19.8. The minimum Gasteiger partial charge on any atom is -0.311 e. The third-order valence-corrected chi connectivity index (χ3v) is 5.02. The molecule has 28 heavy (non-hydrogen) atoms. The summed E-state index contributed by atoms with van der Waals surface area (Å²) >= 11 is 5.92. The summed E-state index contributed by atoms with van der Waals surface area (Å²) in [5, 5.41) is 11.8. The van der Waals surface area contributed by atoms with E-state index >= 15 is 0 Å². The average molecular weight is 399 g/mol. The monoisotopic (exact) mass is 398 g/mol. The van der Waals surface area contributed by atoms with Crippen LogP contribution in [-0.4, -0.2) is 26.9 Å². The fourth-order valence-corrected chi connectivity index (χ4v) is 3.60. The van der Waals surface area contributed by atoms with Crippen LogP contribution in [0.1, 0.15) is 12.0 Å². The Morgan fingerprint density at radius 3 is 2.86 bits per heavy atom. The lowest BCUT2D eigenvalue weighted by molar-refractivity contribution is -0.384. The fraction of sp³-hybridized carbons (Fsp3) is 0.211. The lowest BCUT2D eigenvalue weighted by atomic mass is 10.0. The number of hydrogen-bond acceptors (Lipinski definition) is 5. The van der Waals surface area contributed by atoms with E-state index in [9.17, 15) is 19.7 Å². The average Bonchev–Trinajstić information content (AvgIpc) is 2.69. The molecule has 0 atom stereocenters. The molecule has 0 saturated heterocycles. The van der Waals surface area contributed by atoms with Gasteiger partial charge >= 0.3 is 0 Å². The Hall–Kier alpha value is -3.26. The molecule has 1 amide bonds. The van der Waals surface area contributed by atoms with Crippen molar-refractivity contribution < 1.29 is 9.72 Å². The highest BCUT2D eigenvalue weighted by molar-refractivity contribution is 6.31. The molecule has 1 aromatic heterocycles. The van der Waals surface area contributed by atoms with Crippen LogP contribution in [0.15, 0.2) is 47.5 Å². The summed E-state index contributed by atoms with van der Waals surface area (Å²) in [6.07, 6.45) is 2.70. The van der Waals surface area contributed by atoms with Gasteiger partial charge in [-0.2, -0.15) is 0 Å².